The number of hydrogen-bond donors (Lipinski definition) is 4. The zero-order chi connectivity index (χ0) is 24.5. The lowest BCUT2D eigenvalue weighted by molar-refractivity contribution is 0.0629. The highest BCUT2D eigenvalue weighted by molar-refractivity contribution is 5.99. The van der Waals surface area contributed by atoms with Crippen molar-refractivity contribution < 1.29 is 19.8 Å². The van der Waals surface area contributed by atoms with Crippen LogP contribution in [0.1, 0.15) is 58.8 Å². The van der Waals surface area contributed by atoms with Crippen molar-refractivity contribution in [3.05, 3.63) is 71.2 Å². The second kappa shape index (κ2) is 9.06. The summed E-state index contributed by atoms with van der Waals surface area (Å²) in [5.41, 5.74) is 1.53. The molecule has 0 spiro atoms. The molecule has 0 bridgehead atoms. The van der Waals surface area contributed by atoms with Crippen LogP contribution in [-0.4, -0.2) is 55.1 Å². The van der Waals surface area contributed by atoms with Crippen molar-refractivity contribution in [1.29, 1.82) is 0 Å². The van der Waals surface area contributed by atoms with Crippen LogP contribution in [0.2, 0.25) is 0 Å². The van der Waals surface area contributed by atoms with Crippen LogP contribution < -0.4 is 10.6 Å². The molecule has 0 fully saturated rings. The molecule has 3 heterocycles. The minimum atomic E-state index is -1.15. The highest BCUT2D eigenvalue weighted by Crippen LogP contribution is 2.37. The van der Waals surface area contributed by atoms with E-state index in [1.807, 2.05) is 51.1 Å². The van der Waals surface area contributed by atoms with Gasteiger partial charge in [-0.3, -0.25) is 4.79 Å². The smallest absolute Gasteiger partial charge is 0.339 e. The number of nitrogens with one attached hydrogen (secondary N) is 2. The number of aliphatic hydroxyl groups is 1. The SMILES string of the molecule is CCN1C(=O)c2cnc(Nc3cc(N[C@H](CO)c4ccccc4)c(C(=O)O)cn3)nc2C1(C)C. The first-order valence-corrected chi connectivity index (χ1v) is 10.9. The number of aromatic carboxylic acids is 1. The molecular formula is C24H26N6O4. The molecule has 4 N–H and O–H groups in total. The zero-order valence-electron chi connectivity index (χ0n) is 19.1. The Bertz CT molecular complexity index is 1230. The van der Waals surface area contributed by atoms with Crippen LogP contribution in [0.5, 0.6) is 0 Å². The van der Waals surface area contributed by atoms with Crippen molar-refractivity contribution in [3.63, 3.8) is 0 Å². The van der Waals surface area contributed by atoms with Gasteiger partial charge in [0.2, 0.25) is 5.95 Å². The Kier molecular flexibility index (Phi) is 6.16. The Labute approximate surface area is 196 Å². The van der Waals surface area contributed by atoms with Gasteiger partial charge in [-0.05, 0) is 26.3 Å². The molecule has 2 aromatic heterocycles. The molecule has 10 nitrogen and oxygen atoms in total. The van der Waals surface area contributed by atoms with E-state index in [0.717, 1.165) is 5.56 Å². The summed E-state index contributed by atoms with van der Waals surface area (Å²) in [6.45, 7) is 6.08. The summed E-state index contributed by atoms with van der Waals surface area (Å²) in [5, 5.41) is 25.6. The van der Waals surface area contributed by atoms with E-state index in [2.05, 4.69) is 25.6 Å². The molecule has 10 heteroatoms. The van der Waals surface area contributed by atoms with E-state index in [4.69, 9.17) is 0 Å². The maximum atomic E-state index is 12.6. The summed E-state index contributed by atoms with van der Waals surface area (Å²) in [5.74, 6) is -0.715. The third-order valence-corrected chi connectivity index (χ3v) is 5.92. The van der Waals surface area contributed by atoms with Crippen molar-refractivity contribution in [2.24, 2.45) is 0 Å². The molecule has 0 radical (unpaired) electrons. The topological polar surface area (TPSA) is 141 Å². The van der Waals surface area contributed by atoms with Crippen molar-refractivity contribution in [2.75, 3.05) is 23.8 Å². The lowest BCUT2D eigenvalue weighted by atomic mass is 10.0. The first kappa shape index (κ1) is 23.1. The van der Waals surface area contributed by atoms with Gasteiger partial charge in [0.15, 0.2) is 0 Å². The average Bonchev–Trinajstić information content (AvgIpc) is 3.02. The van der Waals surface area contributed by atoms with Gasteiger partial charge >= 0.3 is 5.97 Å². The van der Waals surface area contributed by atoms with Crippen LogP contribution in [0.25, 0.3) is 0 Å². The number of carbonyl (C=O) groups is 2. The molecule has 0 saturated heterocycles. The van der Waals surface area contributed by atoms with E-state index in [1.165, 1.54) is 18.5 Å². The van der Waals surface area contributed by atoms with E-state index in [0.29, 0.717) is 23.6 Å². The predicted octanol–water partition coefficient (Wildman–Crippen LogP) is 3.17. The molecule has 1 aromatic carbocycles. The quantitative estimate of drug-likeness (QED) is 0.397. The fraction of sp³-hybridized carbons (Fsp3) is 0.292. The standard InChI is InChI=1S/C24H26N6O4/c1-4-30-21(32)16-12-26-23(29-20(16)24(30,2)3)28-19-10-17(15(11-25-19)22(33)34)27-18(13-31)14-8-6-5-7-9-14/h5-12,18,31H,4,13H2,1-3H3,(H,33,34)(H2,25,26,27,28,29)/t18-/m1/s1. The van der Waals surface area contributed by atoms with Gasteiger partial charge in [-0.25, -0.2) is 19.7 Å². The fourth-order valence-electron chi connectivity index (χ4n) is 4.17. The first-order valence-electron chi connectivity index (χ1n) is 10.9. The van der Waals surface area contributed by atoms with Crippen molar-refractivity contribution in [3.8, 4) is 0 Å². The molecule has 0 unspecified atom stereocenters. The van der Waals surface area contributed by atoms with Crippen LogP contribution in [0, 0.1) is 0 Å². The number of aromatic nitrogens is 3. The average molecular weight is 463 g/mol. The summed E-state index contributed by atoms with van der Waals surface area (Å²) in [7, 11) is 0. The maximum Gasteiger partial charge on any atom is 0.339 e. The van der Waals surface area contributed by atoms with Crippen LogP contribution in [0.3, 0.4) is 0 Å². The van der Waals surface area contributed by atoms with Gasteiger partial charge in [-0.15, -0.1) is 0 Å². The van der Waals surface area contributed by atoms with E-state index < -0.39 is 17.6 Å². The van der Waals surface area contributed by atoms with Crippen LogP contribution >= 0.6 is 0 Å². The third kappa shape index (κ3) is 4.15. The van der Waals surface area contributed by atoms with Crippen LogP contribution in [-0.2, 0) is 5.54 Å². The summed E-state index contributed by atoms with van der Waals surface area (Å²) >= 11 is 0. The summed E-state index contributed by atoms with van der Waals surface area (Å²) in [4.78, 5) is 39.1. The molecule has 1 aliphatic rings. The number of carbonyl (C=O) groups excluding carboxylic acids is 1. The minimum Gasteiger partial charge on any atom is -0.478 e. The molecule has 3 aromatic rings. The van der Waals surface area contributed by atoms with Gasteiger partial charge < -0.3 is 25.7 Å². The molecule has 34 heavy (non-hydrogen) atoms. The van der Waals surface area contributed by atoms with Crippen molar-refractivity contribution >= 4 is 29.3 Å². The van der Waals surface area contributed by atoms with Gasteiger partial charge in [-0.2, -0.15) is 0 Å². The van der Waals surface area contributed by atoms with E-state index in [1.54, 1.807) is 4.90 Å². The lowest BCUT2D eigenvalue weighted by Gasteiger charge is -2.30. The molecule has 1 atom stereocenters. The number of amides is 1. The third-order valence-electron chi connectivity index (χ3n) is 5.92. The normalized spacial score (nSPS) is 15.1. The number of carboxylic acid groups (broad SMARTS) is 1. The molecule has 0 aliphatic carbocycles. The number of nitrogens with zero attached hydrogens (tertiary/aromatic N) is 4. The largest absolute Gasteiger partial charge is 0.478 e. The number of rotatable bonds is 8. The van der Waals surface area contributed by atoms with Gasteiger partial charge in [0.25, 0.3) is 5.91 Å². The number of hydrogen-bond acceptors (Lipinski definition) is 8. The highest BCUT2D eigenvalue weighted by atomic mass is 16.4. The summed E-state index contributed by atoms with van der Waals surface area (Å²) in [6, 6.07) is 10.2. The van der Waals surface area contributed by atoms with E-state index >= 15 is 0 Å². The number of pyridine rings is 1. The van der Waals surface area contributed by atoms with E-state index in [-0.39, 0.29) is 29.7 Å². The van der Waals surface area contributed by atoms with Gasteiger partial charge in [0.05, 0.1) is 35.1 Å². The predicted molar refractivity (Wildman–Crippen MR) is 126 cm³/mol. The molecule has 4 rings (SSSR count). The summed E-state index contributed by atoms with van der Waals surface area (Å²) < 4.78 is 0. The Morgan fingerprint density at radius 1 is 1.18 bits per heavy atom. The summed E-state index contributed by atoms with van der Waals surface area (Å²) in [6.07, 6.45) is 2.72. The van der Waals surface area contributed by atoms with Gasteiger partial charge in [0.1, 0.15) is 11.4 Å². The molecule has 0 saturated carbocycles. The zero-order valence-corrected chi connectivity index (χ0v) is 19.1. The minimum absolute atomic E-state index is 0.0416. The second-order valence-electron chi connectivity index (χ2n) is 8.40. The Balaban J connectivity index is 1.64. The van der Waals surface area contributed by atoms with Crippen molar-refractivity contribution in [2.45, 2.75) is 32.4 Å². The monoisotopic (exact) mass is 462 g/mol. The number of aliphatic hydroxyl groups excluding tert-OH is 1. The maximum absolute atomic E-state index is 12.6. The van der Waals surface area contributed by atoms with Crippen molar-refractivity contribution in [1.82, 2.24) is 19.9 Å². The molecule has 1 amide bonds. The Morgan fingerprint density at radius 2 is 1.91 bits per heavy atom. The van der Waals surface area contributed by atoms with Crippen LogP contribution in [0.4, 0.5) is 17.5 Å². The number of anilines is 3. The fourth-order valence-corrected chi connectivity index (χ4v) is 4.17. The molecule has 176 valence electrons. The van der Waals surface area contributed by atoms with Gasteiger partial charge in [-0.1, -0.05) is 30.3 Å². The Morgan fingerprint density at radius 3 is 2.56 bits per heavy atom. The van der Waals surface area contributed by atoms with E-state index in [9.17, 15) is 19.8 Å². The molecule has 1 aliphatic heterocycles. The highest BCUT2D eigenvalue weighted by Gasteiger charge is 2.44. The first-order chi connectivity index (χ1) is 16.3. The number of benzene rings is 1. The Hall–Kier alpha value is -4.05. The van der Waals surface area contributed by atoms with Gasteiger partial charge in [0, 0.05) is 25.0 Å². The molecular weight excluding hydrogens is 436 g/mol. The van der Waals surface area contributed by atoms with Crippen LogP contribution in [0.15, 0.2) is 48.8 Å². The number of carboxylic acids is 1. The number of fused-ring (bicyclic) bond motifs is 1. The second-order valence-corrected chi connectivity index (χ2v) is 8.40. The lowest BCUT2D eigenvalue weighted by Crippen LogP contribution is -2.39.